The van der Waals surface area contributed by atoms with Gasteiger partial charge in [-0.1, -0.05) is 18.2 Å². The first-order valence-electron chi connectivity index (χ1n) is 6.95. The van der Waals surface area contributed by atoms with Crippen molar-refractivity contribution in [3.8, 4) is 5.75 Å². The summed E-state index contributed by atoms with van der Waals surface area (Å²) in [7, 11) is 0. The first-order valence-corrected chi connectivity index (χ1v) is 8.00. The van der Waals surface area contributed by atoms with Crippen LogP contribution in [0, 0.1) is 0 Å². The van der Waals surface area contributed by atoms with Crippen LogP contribution < -0.4 is 10.1 Å². The number of benzene rings is 1. The Hall–Kier alpha value is -0.670. The van der Waals surface area contributed by atoms with Crippen molar-refractivity contribution in [3.63, 3.8) is 0 Å². The molecule has 0 saturated carbocycles. The van der Waals surface area contributed by atoms with Crippen LogP contribution in [0.25, 0.3) is 0 Å². The largest absolute Gasteiger partial charge is 0.494 e. The molecule has 1 aliphatic heterocycles. The van der Waals surface area contributed by atoms with Gasteiger partial charge in [0.25, 0.3) is 0 Å². The Morgan fingerprint density at radius 2 is 1.89 bits per heavy atom. The molecule has 0 aliphatic carbocycles. The van der Waals surface area contributed by atoms with Crippen molar-refractivity contribution >= 4 is 11.8 Å². The molecule has 0 atom stereocenters. The Balaban J connectivity index is 1.46. The Labute approximate surface area is 114 Å². The Kier molecular flexibility index (Phi) is 6.45. The van der Waals surface area contributed by atoms with E-state index < -0.39 is 0 Å². The van der Waals surface area contributed by atoms with E-state index in [2.05, 4.69) is 17.1 Å². The quantitative estimate of drug-likeness (QED) is 0.764. The monoisotopic (exact) mass is 265 g/mol. The Morgan fingerprint density at radius 3 is 2.67 bits per heavy atom. The van der Waals surface area contributed by atoms with Gasteiger partial charge in [-0.2, -0.15) is 11.8 Å². The lowest BCUT2D eigenvalue weighted by Crippen LogP contribution is -2.29. The molecule has 1 aliphatic rings. The number of para-hydroxylation sites is 1. The zero-order valence-corrected chi connectivity index (χ0v) is 11.8. The van der Waals surface area contributed by atoms with E-state index in [0.29, 0.717) is 0 Å². The minimum absolute atomic E-state index is 0.844. The number of piperidine rings is 1. The van der Waals surface area contributed by atoms with E-state index in [0.717, 1.165) is 24.0 Å². The molecule has 0 aromatic heterocycles. The summed E-state index contributed by atoms with van der Waals surface area (Å²) in [5, 5.41) is 4.30. The molecule has 1 aromatic carbocycles. The molecule has 100 valence electrons. The summed E-state index contributed by atoms with van der Waals surface area (Å²) in [4.78, 5) is 0. The van der Waals surface area contributed by atoms with Gasteiger partial charge in [0.05, 0.1) is 6.61 Å². The third-order valence-electron chi connectivity index (χ3n) is 3.19. The molecule has 1 fully saturated rings. The van der Waals surface area contributed by atoms with Crippen LogP contribution in [0.3, 0.4) is 0 Å². The fourth-order valence-electron chi connectivity index (χ4n) is 2.12. The summed E-state index contributed by atoms with van der Waals surface area (Å²) in [6.45, 7) is 3.25. The van der Waals surface area contributed by atoms with Crippen molar-refractivity contribution in [2.24, 2.45) is 0 Å². The normalized spacial score (nSPS) is 16.7. The summed E-state index contributed by atoms with van der Waals surface area (Å²) in [5.74, 6) is 2.27. The fourth-order valence-corrected chi connectivity index (χ4v) is 3.40. The molecule has 1 N–H and O–H groups in total. The number of thioether (sulfide) groups is 1. The molecule has 0 amide bonds. The topological polar surface area (TPSA) is 21.3 Å². The Morgan fingerprint density at radius 1 is 1.11 bits per heavy atom. The summed E-state index contributed by atoms with van der Waals surface area (Å²) in [5.41, 5.74) is 0. The van der Waals surface area contributed by atoms with Crippen molar-refractivity contribution in [1.82, 2.24) is 5.32 Å². The second-order valence-corrected chi connectivity index (χ2v) is 6.10. The van der Waals surface area contributed by atoms with Crippen molar-refractivity contribution < 1.29 is 4.74 Å². The summed E-state index contributed by atoms with van der Waals surface area (Å²) < 4.78 is 5.68. The molecule has 1 saturated heterocycles. The predicted octanol–water partition coefficient (Wildman–Crippen LogP) is 3.33. The third-order valence-corrected chi connectivity index (χ3v) is 4.66. The lowest BCUT2D eigenvalue weighted by molar-refractivity contribution is 0.310. The minimum Gasteiger partial charge on any atom is -0.494 e. The lowest BCUT2D eigenvalue weighted by Gasteiger charge is -2.21. The van der Waals surface area contributed by atoms with Gasteiger partial charge in [-0.15, -0.1) is 0 Å². The predicted molar refractivity (Wildman–Crippen MR) is 79.5 cm³/mol. The second kappa shape index (κ2) is 8.44. The van der Waals surface area contributed by atoms with E-state index >= 15 is 0 Å². The molecule has 2 rings (SSSR count). The molecular weight excluding hydrogens is 242 g/mol. The summed E-state index contributed by atoms with van der Waals surface area (Å²) >= 11 is 2.15. The average molecular weight is 265 g/mol. The van der Waals surface area contributed by atoms with Crippen molar-refractivity contribution in [2.75, 3.05) is 25.4 Å². The molecule has 2 nitrogen and oxygen atoms in total. The highest BCUT2D eigenvalue weighted by Gasteiger charge is 2.12. The number of hydrogen-bond donors (Lipinski definition) is 1. The first-order chi connectivity index (χ1) is 8.95. The average Bonchev–Trinajstić information content (AvgIpc) is 2.45. The van der Waals surface area contributed by atoms with Gasteiger partial charge in [-0.3, -0.25) is 0 Å². The standard InChI is InChI=1S/C15H23NOS/c1-2-6-14(7-3-1)17-12-4-5-13-18-15-8-10-16-11-9-15/h1-3,6-7,15-16H,4-5,8-13H2. The first kappa shape index (κ1) is 13.8. The highest BCUT2D eigenvalue weighted by atomic mass is 32.2. The van der Waals surface area contributed by atoms with Crippen LogP contribution in [-0.4, -0.2) is 30.7 Å². The maximum atomic E-state index is 5.68. The molecule has 1 aromatic rings. The Bertz CT molecular complexity index is 312. The van der Waals surface area contributed by atoms with Gasteiger partial charge in [-0.05, 0) is 56.7 Å². The second-order valence-electron chi connectivity index (χ2n) is 4.69. The molecule has 0 radical (unpaired) electrons. The van der Waals surface area contributed by atoms with Crippen LogP contribution in [0.1, 0.15) is 25.7 Å². The van der Waals surface area contributed by atoms with E-state index in [9.17, 15) is 0 Å². The highest BCUT2D eigenvalue weighted by molar-refractivity contribution is 7.99. The van der Waals surface area contributed by atoms with Gasteiger partial charge >= 0.3 is 0 Å². The van der Waals surface area contributed by atoms with Crippen LogP contribution in [0.4, 0.5) is 0 Å². The molecule has 18 heavy (non-hydrogen) atoms. The minimum atomic E-state index is 0.844. The van der Waals surface area contributed by atoms with Gasteiger partial charge in [0.2, 0.25) is 0 Å². The SMILES string of the molecule is c1ccc(OCCCCSC2CCNCC2)cc1. The fraction of sp³-hybridized carbons (Fsp3) is 0.600. The van der Waals surface area contributed by atoms with E-state index in [1.807, 2.05) is 30.3 Å². The van der Waals surface area contributed by atoms with Gasteiger partial charge in [0.1, 0.15) is 5.75 Å². The van der Waals surface area contributed by atoms with Gasteiger partial charge in [0.15, 0.2) is 0 Å². The van der Waals surface area contributed by atoms with Gasteiger partial charge in [0, 0.05) is 5.25 Å². The zero-order valence-electron chi connectivity index (χ0n) is 10.9. The molecule has 0 unspecified atom stereocenters. The molecule has 3 heteroatoms. The van der Waals surface area contributed by atoms with Crippen LogP contribution >= 0.6 is 11.8 Å². The van der Waals surface area contributed by atoms with Crippen molar-refractivity contribution in [3.05, 3.63) is 30.3 Å². The van der Waals surface area contributed by atoms with E-state index in [1.54, 1.807) is 0 Å². The molecule has 0 spiro atoms. The van der Waals surface area contributed by atoms with Crippen LogP contribution in [0.5, 0.6) is 5.75 Å². The lowest BCUT2D eigenvalue weighted by atomic mass is 10.2. The van der Waals surface area contributed by atoms with Gasteiger partial charge in [-0.25, -0.2) is 0 Å². The van der Waals surface area contributed by atoms with E-state index in [4.69, 9.17) is 4.74 Å². The number of hydrogen-bond acceptors (Lipinski definition) is 3. The summed E-state index contributed by atoms with van der Waals surface area (Å²) in [6.07, 6.45) is 5.10. The number of ether oxygens (including phenoxy) is 1. The molecule has 1 heterocycles. The van der Waals surface area contributed by atoms with Crippen molar-refractivity contribution in [1.29, 1.82) is 0 Å². The van der Waals surface area contributed by atoms with E-state index in [-0.39, 0.29) is 0 Å². The smallest absolute Gasteiger partial charge is 0.119 e. The number of nitrogens with one attached hydrogen (secondary N) is 1. The van der Waals surface area contributed by atoms with Crippen LogP contribution in [0.15, 0.2) is 30.3 Å². The van der Waals surface area contributed by atoms with Gasteiger partial charge < -0.3 is 10.1 Å². The van der Waals surface area contributed by atoms with E-state index in [1.165, 1.54) is 38.1 Å². The maximum Gasteiger partial charge on any atom is 0.119 e. The molecular formula is C15H23NOS. The van der Waals surface area contributed by atoms with Crippen LogP contribution in [0.2, 0.25) is 0 Å². The highest BCUT2D eigenvalue weighted by Crippen LogP contribution is 2.21. The third kappa shape index (κ3) is 5.32. The number of rotatable bonds is 7. The van der Waals surface area contributed by atoms with Crippen molar-refractivity contribution in [2.45, 2.75) is 30.9 Å². The number of unbranched alkanes of at least 4 members (excludes halogenated alkanes) is 1. The summed E-state index contributed by atoms with van der Waals surface area (Å²) in [6, 6.07) is 10.1. The van der Waals surface area contributed by atoms with Crippen LogP contribution in [-0.2, 0) is 0 Å². The maximum absolute atomic E-state index is 5.68. The molecule has 0 bridgehead atoms. The zero-order chi connectivity index (χ0) is 12.5.